The number of carbonyl (C=O) groups excluding carboxylic acids is 3. The first kappa shape index (κ1) is 19.5. The molecule has 1 aromatic carbocycles. The standard InChI is InChI=1S/C15H19N3O3S.ClH/c1-22-9-6-12(16)13(19)17-7-8-18-14(20)10-4-2-3-5-11(10)15(18)21;/h2-5,12H,6-9,16H2,1H3,(H,17,19);1H/t12-;/m0./s1. The summed E-state index contributed by atoms with van der Waals surface area (Å²) in [6.07, 6.45) is 2.55. The number of rotatable bonds is 7. The van der Waals surface area contributed by atoms with E-state index in [0.29, 0.717) is 17.5 Å². The molecule has 1 atom stereocenters. The average molecular weight is 358 g/mol. The SMILES string of the molecule is CSCC[C@H](N)C(=O)NCCN1C(=O)c2ccccc2C1=O.Cl. The summed E-state index contributed by atoms with van der Waals surface area (Å²) in [7, 11) is 0. The van der Waals surface area contributed by atoms with Crippen molar-refractivity contribution < 1.29 is 14.4 Å². The molecule has 8 heteroatoms. The minimum atomic E-state index is -0.561. The van der Waals surface area contributed by atoms with Gasteiger partial charge in [-0.2, -0.15) is 11.8 Å². The summed E-state index contributed by atoms with van der Waals surface area (Å²) in [4.78, 5) is 37.2. The second-order valence-electron chi connectivity index (χ2n) is 4.99. The van der Waals surface area contributed by atoms with Crippen LogP contribution in [0.5, 0.6) is 0 Å². The molecular weight excluding hydrogens is 338 g/mol. The van der Waals surface area contributed by atoms with Crippen molar-refractivity contribution in [1.29, 1.82) is 0 Å². The maximum absolute atomic E-state index is 12.1. The average Bonchev–Trinajstić information content (AvgIpc) is 2.77. The molecule has 23 heavy (non-hydrogen) atoms. The Labute approximate surface area is 145 Å². The quantitative estimate of drug-likeness (QED) is 0.707. The zero-order chi connectivity index (χ0) is 16.1. The Hall–Kier alpha value is -1.57. The molecule has 0 aromatic heterocycles. The van der Waals surface area contributed by atoms with Crippen molar-refractivity contribution in [1.82, 2.24) is 10.2 Å². The Morgan fingerprint density at radius 3 is 2.35 bits per heavy atom. The molecule has 2 rings (SSSR count). The van der Waals surface area contributed by atoms with Gasteiger partial charge in [0.1, 0.15) is 0 Å². The summed E-state index contributed by atoms with van der Waals surface area (Å²) in [6.45, 7) is 0.352. The van der Waals surface area contributed by atoms with E-state index < -0.39 is 6.04 Å². The third-order valence-electron chi connectivity index (χ3n) is 3.48. The summed E-state index contributed by atoms with van der Waals surface area (Å²) >= 11 is 1.63. The second-order valence-corrected chi connectivity index (χ2v) is 5.97. The van der Waals surface area contributed by atoms with Crippen LogP contribution in [0.3, 0.4) is 0 Å². The highest BCUT2D eigenvalue weighted by atomic mass is 35.5. The number of fused-ring (bicyclic) bond motifs is 1. The number of amides is 3. The maximum atomic E-state index is 12.1. The van der Waals surface area contributed by atoms with E-state index in [-0.39, 0.29) is 43.2 Å². The van der Waals surface area contributed by atoms with Gasteiger partial charge in [0.2, 0.25) is 5.91 Å². The predicted molar refractivity (Wildman–Crippen MR) is 93.0 cm³/mol. The molecule has 0 saturated carbocycles. The van der Waals surface area contributed by atoms with Crippen molar-refractivity contribution >= 4 is 41.9 Å². The number of nitrogens with two attached hydrogens (primary N) is 1. The van der Waals surface area contributed by atoms with Crippen LogP contribution in [0.25, 0.3) is 0 Å². The molecule has 1 aliphatic rings. The largest absolute Gasteiger partial charge is 0.353 e. The number of nitrogens with one attached hydrogen (secondary N) is 1. The van der Waals surface area contributed by atoms with Crippen molar-refractivity contribution in [2.75, 3.05) is 25.1 Å². The number of imide groups is 1. The highest BCUT2D eigenvalue weighted by Crippen LogP contribution is 2.21. The van der Waals surface area contributed by atoms with Crippen LogP contribution >= 0.6 is 24.2 Å². The number of hydrogen-bond donors (Lipinski definition) is 2. The van der Waals surface area contributed by atoms with E-state index in [2.05, 4.69) is 5.32 Å². The third kappa shape index (κ3) is 4.46. The molecule has 3 amide bonds. The van der Waals surface area contributed by atoms with E-state index in [1.54, 1.807) is 36.0 Å². The highest BCUT2D eigenvalue weighted by molar-refractivity contribution is 7.98. The van der Waals surface area contributed by atoms with Crippen molar-refractivity contribution in [3.8, 4) is 0 Å². The van der Waals surface area contributed by atoms with E-state index in [1.807, 2.05) is 6.26 Å². The molecule has 1 aliphatic heterocycles. The molecule has 0 aliphatic carbocycles. The number of hydrogen-bond acceptors (Lipinski definition) is 5. The lowest BCUT2D eigenvalue weighted by Crippen LogP contribution is -2.44. The van der Waals surface area contributed by atoms with Crippen molar-refractivity contribution in [3.05, 3.63) is 35.4 Å². The lowest BCUT2D eigenvalue weighted by atomic mass is 10.1. The molecule has 0 spiro atoms. The smallest absolute Gasteiger partial charge is 0.261 e. The van der Waals surface area contributed by atoms with Crippen LogP contribution in [0.4, 0.5) is 0 Å². The van der Waals surface area contributed by atoms with Gasteiger partial charge < -0.3 is 11.1 Å². The number of carbonyl (C=O) groups is 3. The normalized spacial score (nSPS) is 14.3. The first-order chi connectivity index (χ1) is 10.6. The molecule has 0 unspecified atom stereocenters. The molecule has 1 aromatic rings. The second kappa shape index (κ2) is 8.90. The Balaban J connectivity index is 0.00000264. The topological polar surface area (TPSA) is 92.5 Å². The van der Waals surface area contributed by atoms with Gasteiger partial charge in [-0.05, 0) is 30.6 Å². The maximum Gasteiger partial charge on any atom is 0.261 e. The fraction of sp³-hybridized carbons (Fsp3) is 0.400. The molecule has 126 valence electrons. The van der Waals surface area contributed by atoms with Gasteiger partial charge in [-0.15, -0.1) is 12.4 Å². The third-order valence-corrected chi connectivity index (χ3v) is 4.13. The van der Waals surface area contributed by atoms with Gasteiger partial charge in [0.25, 0.3) is 11.8 Å². The summed E-state index contributed by atoms with van der Waals surface area (Å²) in [5, 5.41) is 2.67. The minimum absolute atomic E-state index is 0. The molecule has 6 nitrogen and oxygen atoms in total. The molecule has 1 heterocycles. The summed E-state index contributed by atoms with van der Waals surface area (Å²) in [5.41, 5.74) is 6.57. The lowest BCUT2D eigenvalue weighted by Gasteiger charge is -2.16. The van der Waals surface area contributed by atoms with Crippen LogP contribution in [-0.4, -0.2) is 53.8 Å². The van der Waals surface area contributed by atoms with Crippen molar-refractivity contribution in [3.63, 3.8) is 0 Å². The molecular formula is C15H20ClN3O3S. The van der Waals surface area contributed by atoms with Gasteiger partial charge in [0.05, 0.1) is 17.2 Å². The van der Waals surface area contributed by atoms with E-state index in [9.17, 15) is 14.4 Å². The minimum Gasteiger partial charge on any atom is -0.353 e. The zero-order valence-corrected chi connectivity index (χ0v) is 14.4. The lowest BCUT2D eigenvalue weighted by molar-refractivity contribution is -0.122. The van der Waals surface area contributed by atoms with E-state index in [4.69, 9.17) is 5.73 Å². The predicted octanol–water partition coefficient (Wildman–Crippen LogP) is 0.901. The van der Waals surface area contributed by atoms with Crippen LogP contribution < -0.4 is 11.1 Å². The molecule has 0 bridgehead atoms. The van der Waals surface area contributed by atoms with Gasteiger partial charge in [0, 0.05) is 13.1 Å². The van der Waals surface area contributed by atoms with Crippen LogP contribution in [0.2, 0.25) is 0 Å². The van der Waals surface area contributed by atoms with Gasteiger partial charge in [-0.25, -0.2) is 0 Å². The number of halogens is 1. The summed E-state index contributed by atoms with van der Waals surface area (Å²) in [6, 6.07) is 6.15. The van der Waals surface area contributed by atoms with Crippen LogP contribution in [0.15, 0.2) is 24.3 Å². The Morgan fingerprint density at radius 1 is 1.26 bits per heavy atom. The number of nitrogens with zero attached hydrogens (tertiary/aromatic N) is 1. The Bertz CT molecular complexity index is 562. The Morgan fingerprint density at radius 2 is 1.83 bits per heavy atom. The summed E-state index contributed by atoms with van der Waals surface area (Å²) < 4.78 is 0. The monoisotopic (exact) mass is 357 g/mol. The van der Waals surface area contributed by atoms with E-state index in [0.717, 1.165) is 10.7 Å². The van der Waals surface area contributed by atoms with Gasteiger partial charge in [0.15, 0.2) is 0 Å². The van der Waals surface area contributed by atoms with Crippen molar-refractivity contribution in [2.24, 2.45) is 5.73 Å². The van der Waals surface area contributed by atoms with E-state index in [1.165, 1.54) is 0 Å². The Kier molecular flexibility index (Phi) is 7.54. The van der Waals surface area contributed by atoms with Crippen LogP contribution in [0, 0.1) is 0 Å². The van der Waals surface area contributed by atoms with Gasteiger partial charge in [-0.1, -0.05) is 12.1 Å². The van der Waals surface area contributed by atoms with Crippen molar-refractivity contribution in [2.45, 2.75) is 12.5 Å². The molecule has 3 N–H and O–H groups in total. The van der Waals surface area contributed by atoms with Crippen LogP contribution in [-0.2, 0) is 4.79 Å². The molecule has 0 fully saturated rings. The number of thioether (sulfide) groups is 1. The fourth-order valence-corrected chi connectivity index (χ4v) is 2.73. The highest BCUT2D eigenvalue weighted by Gasteiger charge is 2.34. The van der Waals surface area contributed by atoms with Crippen LogP contribution in [0.1, 0.15) is 27.1 Å². The summed E-state index contributed by atoms with van der Waals surface area (Å²) in [5.74, 6) is -0.0822. The van der Waals surface area contributed by atoms with E-state index >= 15 is 0 Å². The first-order valence-corrected chi connectivity index (χ1v) is 8.43. The van der Waals surface area contributed by atoms with Gasteiger partial charge in [-0.3, -0.25) is 19.3 Å². The molecule has 0 radical (unpaired) electrons. The molecule has 0 saturated heterocycles. The fourth-order valence-electron chi connectivity index (χ4n) is 2.24. The first-order valence-electron chi connectivity index (χ1n) is 7.03. The number of benzene rings is 1. The van der Waals surface area contributed by atoms with Gasteiger partial charge >= 0.3 is 0 Å². The zero-order valence-electron chi connectivity index (χ0n) is 12.8.